The highest BCUT2D eigenvalue weighted by molar-refractivity contribution is 7.80. The Morgan fingerprint density at radius 3 is 2.45 bits per heavy atom. The Kier molecular flexibility index (Phi) is 7.19. The first kappa shape index (κ1) is 20.4. The standard InChI is InChI=1S/C23H23N3O2S/c1-17-7-9-19(10-8-17)16-28-20-13-11-18(12-14-20)15-24-26-23(29)25-21-5-3-4-6-22(21)27-2/h3-15H,16H2,1-2H3,(H2,25,26,29)/b24-15-. The lowest BCUT2D eigenvalue weighted by molar-refractivity contribution is 0.306. The fraction of sp³-hybridized carbons (Fsp3) is 0.130. The van der Waals surface area contributed by atoms with Crippen LogP contribution in [-0.4, -0.2) is 18.4 Å². The van der Waals surface area contributed by atoms with Gasteiger partial charge in [0.25, 0.3) is 0 Å². The molecule has 0 bridgehead atoms. The lowest BCUT2D eigenvalue weighted by Gasteiger charge is -2.10. The van der Waals surface area contributed by atoms with Crippen molar-refractivity contribution in [1.82, 2.24) is 5.43 Å². The minimum absolute atomic E-state index is 0.379. The van der Waals surface area contributed by atoms with Crippen molar-refractivity contribution in [1.29, 1.82) is 0 Å². The quantitative estimate of drug-likeness (QED) is 0.333. The van der Waals surface area contributed by atoms with Crippen molar-refractivity contribution in [2.75, 3.05) is 12.4 Å². The summed E-state index contributed by atoms with van der Waals surface area (Å²) in [7, 11) is 1.61. The van der Waals surface area contributed by atoms with Gasteiger partial charge in [0.05, 0.1) is 19.0 Å². The van der Waals surface area contributed by atoms with Gasteiger partial charge in [0.1, 0.15) is 18.1 Å². The van der Waals surface area contributed by atoms with Gasteiger partial charge in [0.2, 0.25) is 0 Å². The van der Waals surface area contributed by atoms with Crippen molar-refractivity contribution in [3.8, 4) is 11.5 Å². The van der Waals surface area contributed by atoms with E-state index in [1.807, 2.05) is 48.5 Å². The molecule has 3 rings (SSSR count). The number of hydrogen-bond donors (Lipinski definition) is 2. The third-order valence-electron chi connectivity index (χ3n) is 4.14. The van der Waals surface area contributed by atoms with Crippen molar-refractivity contribution in [3.05, 3.63) is 89.5 Å². The predicted octanol–water partition coefficient (Wildman–Crippen LogP) is 4.90. The lowest BCUT2D eigenvalue weighted by atomic mass is 10.2. The molecule has 0 heterocycles. The summed E-state index contributed by atoms with van der Waals surface area (Å²) in [5.41, 5.74) is 6.89. The molecule has 6 heteroatoms. The van der Waals surface area contributed by atoms with Gasteiger partial charge >= 0.3 is 0 Å². The van der Waals surface area contributed by atoms with Crippen LogP contribution < -0.4 is 20.2 Å². The summed E-state index contributed by atoms with van der Waals surface area (Å²) in [5.74, 6) is 1.52. The second kappa shape index (κ2) is 10.2. The smallest absolute Gasteiger partial charge is 0.191 e. The molecule has 5 nitrogen and oxygen atoms in total. The number of hydrogen-bond acceptors (Lipinski definition) is 4. The average molecular weight is 406 g/mol. The van der Waals surface area contributed by atoms with Gasteiger partial charge in [0, 0.05) is 0 Å². The van der Waals surface area contributed by atoms with E-state index >= 15 is 0 Å². The molecule has 0 aliphatic rings. The highest BCUT2D eigenvalue weighted by Crippen LogP contribution is 2.22. The Labute approximate surface area is 176 Å². The Hall–Kier alpha value is -3.38. The van der Waals surface area contributed by atoms with Gasteiger partial charge in [-0.1, -0.05) is 42.0 Å². The number of nitrogens with zero attached hydrogens (tertiary/aromatic N) is 1. The van der Waals surface area contributed by atoms with Crippen LogP contribution >= 0.6 is 12.2 Å². The number of ether oxygens (including phenoxy) is 2. The summed E-state index contributed by atoms with van der Waals surface area (Å²) in [6.45, 7) is 2.61. The molecule has 0 aliphatic carbocycles. The molecule has 0 atom stereocenters. The van der Waals surface area contributed by atoms with Gasteiger partial charge in [-0.25, -0.2) is 0 Å². The number of aryl methyl sites for hydroxylation is 1. The van der Waals surface area contributed by atoms with Gasteiger partial charge < -0.3 is 14.8 Å². The molecule has 0 fully saturated rings. The monoisotopic (exact) mass is 405 g/mol. The van der Waals surface area contributed by atoms with Gasteiger partial charge in [-0.3, -0.25) is 5.43 Å². The van der Waals surface area contributed by atoms with E-state index in [2.05, 4.69) is 47.0 Å². The first-order valence-electron chi connectivity index (χ1n) is 9.15. The van der Waals surface area contributed by atoms with E-state index in [9.17, 15) is 0 Å². The van der Waals surface area contributed by atoms with Gasteiger partial charge in [-0.2, -0.15) is 5.10 Å². The Morgan fingerprint density at radius 2 is 1.72 bits per heavy atom. The maximum absolute atomic E-state index is 5.82. The highest BCUT2D eigenvalue weighted by atomic mass is 32.1. The minimum atomic E-state index is 0.379. The molecule has 0 aromatic heterocycles. The summed E-state index contributed by atoms with van der Waals surface area (Å²) in [5, 5.41) is 7.60. The first-order chi connectivity index (χ1) is 14.1. The van der Waals surface area contributed by atoms with E-state index in [4.69, 9.17) is 21.7 Å². The van der Waals surface area contributed by atoms with E-state index in [0.717, 1.165) is 22.6 Å². The van der Waals surface area contributed by atoms with Gasteiger partial charge in [-0.05, 0) is 66.7 Å². The van der Waals surface area contributed by atoms with Crippen LogP contribution in [0.25, 0.3) is 0 Å². The molecule has 3 aromatic rings. The van der Waals surface area contributed by atoms with Crippen LogP contribution in [0.1, 0.15) is 16.7 Å². The summed E-state index contributed by atoms with van der Waals surface area (Å²) >= 11 is 5.26. The molecule has 0 spiro atoms. The zero-order valence-electron chi connectivity index (χ0n) is 16.4. The van der Waals surface area contributed by atoms with E-state index in [-0.39, 0.29) is 0 Å². The van der Waals surface area contributed by atoms with Crippen LogP contribution in [0.5, 0.6) is 11.5 Å². The number of methoxy groups -OCH3 is 1. The largest absolute Gasteiger partial charge is 0.495 e. The van der Waals surface area contributed by atoms with Crippen molar-refractivity contribution in [2.45, 2.75) is 13.5 Å². The van der Waals surface area contributed by atoms with E-state index in [1.165, 1.54) is 5.56 Å². The minimum Gasteiger partial charge on any atom is -0.495 e. The average Bonchev–Trinajstić information content (AvgIpc) is 2.74. The number of anilines is 1. The molecular formula is C23H23N3O2S. The number of nitrogens with one attached hydrogen (secondary N) is 2. The first-order valence-corrected chi connectivity index (χ1v) is 9.56. The van der Waals surface area contributed by atoms with E-state index < -0.39 is 0 Å². The SMILES string of the molecule is COc1ccccc1NC(=S)N/N=C\c1ccc(OCc2ccc(C)cc2)cc1. The summed E-state index contributed by atoms with van der Waals surface area (Å²) < 4.78 is 11.1. The third kappa shape index (κ3) is 6.33. The number of rotatable bonds is 7. The fourth-order valence-electron chi connectivity index (χ4n) is 2.56. The third-order valence-corrected chi connectivity index (χ3v) is 4.33. The van der Waals surface area contributed by atoms with Gasteiger partial charge in [-0.15, -0.1) is 0 Å². The Balaban J connectivity index is 1.48. The van der Waals surface area contributed by atoms with Crippen molar-refractivity contribution < 1.29 is 9.47 Å². The fourth-order valence-corrected chi connectivity index (χ4v) is 2.73. The molecule has 148 valence electrons. The molecule has 0 aliphatic heterocycles. The van der Waals surface area contributed by atoms with Gasteiger partial charge in [0.15, 0.2) is 5.11 Å². The Bertz CT molecular complexity index is 970. The molecular weight excluding hydrogens is 382 g/mol. The molecule has 0 unspecified atom stereocenters. The lowest BCUT2D eigenvalue weighted by Crippen LogP contribution is -2.24. The van der Waals surface area contributed by atoms with Crippen LogP contribution in [0.15, 0.2) is 77.9 Å². The maximum atomic E-state index is 5.82. The molecule has 3 aromatic carbocycles. The van der Waals surface area contributed by atoms with Crippen LogP contribution in [0.4, 0.5) is 5.69 Å². The highest BCUT2D eigenvalue weighted by Gasteiger charge is 2.02. The molecule has 0 saturated heterocycles. The maximum Gasteiger partial charge on any atom is 0.191 e. The number of benzene rings is 3. The molecule has 0 saturated carbocycles. The van der Waals surface area contributed by atoms with Crippen molar-refractivity contribution >= 4 is 29.2 Å². The van der Waals surface area contributed by atoms with Crippen LogP contribution in [0.2, 0.25) is 0 Å². The Morgan fingerprint density at radius 1 is 1.00 bits per heavy atom. The van der Waals surface area contributed by atoms with E-state index in [0.29, 0.717) is 17.5 Å². The van der Waals surface area contributed by atoms with Crippen molar-refractivity contribution in [2.24, 2.45) is 5.10 Å². The van der Waals surface area contributed by atoms with E-state index in [1.54, 1.807) is 13.3 Å². The topological polar surface area (TPSA) is 54.9 Å². The predicted molar refractivity (Wildman–Crippen MR) is 122 cm³/mol. The zero-order chi connectivity index (χ0) is 20.5. The molecule has 2 N–H and O–H groups in total. The zero-order valence-corrected chi connectivity index (χ0v) is 17.2. The normalized spacial score (nSPS) is 10.6. The summed E-state index contributed by atoms with van der Waals surface area (Å²) in [6.07, 6.45) is 1.69. The second-order valence-corrected chi connectivity index (χ2v) is 6.78. The van der Waals surface area contributed by atoms with Crippen LogP contribution in [0, 0.1) is 6.92 Å². The van der Waals surface area contributed by atoms with Crippen molar-refractivity contribution in [3.63, 3.8) is 0 Å². The van der Waals surface area contributed by atoms with Crippen LogP contribution in [-0.2, 0) is 6.61 Å². The number of thiocarbonyl (C=S) groups is 1. The summed E-state index contributed by atoms with van der Waals surface area (Å²) in [6, 6.07) is 23.6. The summed E-state index contributed by atoms with van der Waals surface area (Å²) in [4.78, 5) is 0. The second-order valence-electron chi connectivity index (χ2n) is 6.37. The molecule has 29 heavy (non-hydrogen) atoms. The number of hydrazone groups is 1. The molecule has 0 radical (unpaired) electrons. The molecule has 0 amide bonds. The van der Waals surface area contributed by atoms with Crippen LogP contribution in [0.3, 0.4) is 0 Å². The number of para-hydroxylation sites is 2.